The molecule has 2 saturated carbocycles. The third kappa shape index (κ3) is 6.86. The van der Waals surface area contributed by atoms with E-state index in [0.29, 0.717) is 25.0 Å². The van der Waals surface area contributed by atoms with Crippen molar-refractivity contribution in [2.75, 3.05) is 26.4 Å². The fourth-order valence-electron chi connectivity index (χ4n) is 4.12. The Morgan fingerprint density at radius 3 is 2.74 bits per heavy atom. The molecule has 2 fully saturated rings. The first-order chi connectivity index (χ1) is 12.9. The first-order valence-corrected chi connectivity index (χ1v) is 10.5. The lowest BCUT2D eigenvalue weighted by molar-refractivity contribution is -0.00552. The average molecular weight is 378 g/mol. The Morgan fingerprint density at radius 1 is 1.33 bits per heavy atom. The predicted octanol–water partition coefficient (Wildman–Crippen LogP) is 4.15. The summed E-state index contributed by atoms with van der Waals surface area (Å²) in [6.07, 6.45) is 10.5. The van der Waals surface area contributed by atoms with E-state index < -0.39 is 5.54 Å². The van der Waals surface area contributed by atoms with Gasteiger partial charge in [0.25, 0.3) is 0 Å². The monoisotopic (exact) mass is 377 g/mol. The third-order valence-electron chi connectivity index (χ3n) is 5.82. The van der Waals surface area contributed by atoms with Gasteiger partial charge in [-0.1, -0.05) is 38.2 Å². The van der Waals surface area contributed by atoms with E-state index in [0.717, 1.165) is 50.7 Å². The lowest BCUT2D eigenvalue weighted by Gasteiger charge is -2.28. The fourth-order valence-corrected chi connectivity index (χ4v) is 4.12. The molecule has 4 heteroatoms. The summed E-state index contributed by atoms with van der Waals surface area (Å²) in [6, 6.07) is 0. The van der Waals surface area contributed by atoms with Crippen molar-refractivity contribution in [2.45, 2.75) is 70.9 Å². The number of allylic oxidation sites excluding steroid dienone is 4. The molecule has 2 aliphatic rings. The molecule has 2 rings (SSSR count). The number of hydrogen-bond donors (Lipinski definition) is 2. The highest BCUT2D eigenvalue weighted by Crippen LogP contribution is 2.39. The van der Waals surface area contributed by atoms with Gasteiger partial charge in [-0.05, 0) is 68.4 Å². The highest BCUT2D eigenvalue weighted by atomic mass is 16.5. The van der Waals surface area contributed by atoms with Gasteiger partial charge in [0.2, 0.25) is 0 Å². The van der Waals surface area contributed by atoms with E-state index in [2.05, 4.69) is 39.5 Å². The first-order valence-electron chi connectivity index (χ1n) is 10.5. The molecule has 0 unspecified atom stereocenters. The van der Waals surface area contributed by atoms with E-state index in [1.807, 2.05) is 0 Å². The second kappa shape index (κ2) is 10.6. The van der Waals surface area contributed by atoms with Crippen LogP contribution in [0.3, 0.4) is 0 Å². The number of aliphatic hydroxyl groups is 1. The second-order valence-corrected chi connectivity index (χ2v) is 8.72. The van der Waals surface area contributed by atoms with Crippen molar-refractivity contribution >= 4 is 0 Å². The first kappa shape index (κ1) is 22.4. The molecule has 0 spiro atoms. The molecule has 0 radical (unpaired) electrons. The highest BCUT2D eigenvalue weighted by Gasteiger charge is 2.36. The van der Waals surface area contributed by atoms with Crippen LogP contribution in [0.4, 0.5) is 0 Å². The molecule has 0 aliphatic heterocycles. The second-order valence-electron chi connectivity index (χ2n) is 8.72. The molecule has 0 aromatic carbocycles. The molecule has 0 saturated heterocycles. The summed E-state index contributed by atoms with van der Waals surface area (Å²) in [5.41, 5.74) is 9.72. The van der Waals surface area contributed by atoms with Gasteiger partial charge < -0.3 is 20.3 Å². The maximum Gasteiger partial charge on any atom is 0.0704 e. The lowest BCUT2D eigenvalue weighted by Crippen LogP contribution is -2.40. The van der Waals surface area contributed by atoms with Crippen LogP contribution in [-0.4, -0.2) is 43.2 Å². The van der Waals surface area contributed by atoms with Crippen LogP contribution in [0.2, 0.25) is 0 Å². The maximum absolute atomic E-state index is 9.49. The standard InChI is InChI=1S/C23H39NO3/c1-5-19-13-22(27-11-10-26-15-17(2)3)7-6-20(19)12-18(4)21-8-9-23(24,14-21)16-25/h5,12,17,21-22,25H,4,6-11,13-16,24H2,1-3H3/b19-5-,20-12-/t21-,22-,23+/m0/s1. The molecular weight excluding hydrogens is 338 g/mol. The van der Waals surface area contributed by atoms with Crippen molar-refractivity contribution in [1.82, 2.24) is 0 Å². The Balaban J connectivity index is 1.82. The normalized spacial score (nSPS) is 31.9. The van der Waals surface area contributed by atoms with Gasteiger partial charge in [0.15, 0.2) is 0 Å². The fraction of sp³-hybridized carbons (Fsp3) is 0.739. The number of nitrogens with two attached hydrogens (primary N) is 1. The van der Waals surface area contributed by atoms with Crippen molar-refractivity contribution in [3.05, 3.63) is 35.5 Å². The minimum Gasteiger partial charge on any atom is -0.394 e. The molecular formula is C23H39NO3. The molecule has 3 N–H and O–H groups in total. The Morgan fingerprint density at radius 2 is 2.11 bits per heavy atom. The van der Waals surface area contributed by atoms with Gasteiger partial charge in [-0.3, -0.25) is 0 Å². The number of ether oxygens (including phenoxy) is 2. The molecule has 4 nitrogen and oxygen atoms in total. The Kier molecular flexibility index (Phi) is 8.74. The molecule has 0 amide bonds. The van der Waals surface area contributed by atoms with Crippen molar-refractivity contribution in [3.63, 3.8) is 0 Å². The zero-order valence-electron chi connectivity index (χ0n) is 17.5. The minimum absolute atomic E-state index is 0.0629. The zero-order valence-corrected chi connectivity index (χ0v) is 17.5. The van der Waals surface area contributed by atoms with Gasteiger partial charge >= 0.3 is 0 Å². The summed E-state index contributed by atoms with van der Waals surface area (Å²) in [7, 11) is 0. The summed E-state index contributed by atoms with van der Waals surface area (Å²) in [5.74, 6) is 0.955. The van der Waals surface area contributed by atoms with E-state index in [1.54, 1.807) is 0 Å². The molecule has 0 bridgehead atoms. The van der Waals surface area contributed by atoms with Crippen LogP contribution in [0.25, 0.3) is 0 Å². The summed E-state index contributed by atoms with van der Waals surface area (Å²) in [6.45, 7) is 12.9. The lowest BCUT2D eigenvalue weighted by atomic mass is 9.84. The zero-order chi connectivity index (χ0) is 19.9. The van der Waals surface area contributed by atoms with E-state index in [4.69, 9.17) is 15.2 Å². The summed E-state index contributed by atoms with van der Waals surface area (Å²) in [5, 5.41) is 9.49. The van der Waals surface area contributed by atoms with Gasteiger partial charge in [0, 0.05) is 12.1 Å². The van der Waals surface area contributed by atoms with Crippen LogP contribution >= 0.6 is 0 Å². The molecule has 3 atom stereocenters. The third-order valence-corrected chi connectivity index (χ3v) is 5.82. The molecule has 2 aliphatic carbocycles. The molecule has 0 aromatic rings. The van der Waals surface area contributed by atoms with Crippen LogP contribution in [0, 0.1) is 11.8 Å². The van der Waals surface area contributed by atoms with Crippen LogP contribution in [0.5, 0.6) is 0 Å². The number of hydrogen-bond acceptors (Lipinski definition) is 4. The Hall–Kier alpha value is -0.940. The van der Waals surface area contributed by atoms with Crippen molar-refractivity contribution < 1.29 is 14.6 Å². The van der Waals surface area contributed by atoms with Crippen molar-refractivity contribution in [2.24, 2.45) is 17.6 Å². The summed E-state index contributed by atoms with van der Waals surface area (Å²) in [4.78, 5) is 0. The molecule has 27 heavy (non-hydrogen) atoms. The number of aliphatic hydroxyl groups excluding tert-OH is 1. The minimum atomic E-state index is -0.418. The molecule has 0 heterocycles. The van der Waals surface area contributed by atoms with E-state index >= 15 is 0 Å². The smallest absolute Gasteiger partial charge is 0.0704 e. The van der Waals surface area contributed by atoms with E-state index in [-0.39, 0.29) is 12.7 Å². The van der Waals surface area contributed by atoms with E-state index in [9.17, 15) is 5.11 Å². The van der Waals surface area contributed by atoms with Gasteiger partial charge in [-0.15, -0.1) is 0 Å². The SMILES string of the molecule is C=C(/C=C1/CC[C@H](OCCOCC(C)C)C/C1=C/C)[C@H]1CC[C@](N)(CO)C1. The Bertz CT molecular complexity index is 552. The van der Waals surface area contributed by atoms with Gasteiger partial charge in [0.1, 0.15) is 0 Å². The molecule has 0 aromatic heterocycles. The van der Waals surface area contributed by atoms with Crippen molar-refractivity contribution in [3.8, 4) is 0 Å². The topological polar surface area (TPSA) is 64.7 Å². The maximum atomic E-state index is 9.49. The highest BCUT2D eigenvalue weighted by molar-refractivity contribution is 5.39. The van der Waals surface area contributed by atoms with Crippen LogP contribution in [0.15, 0.2) is 35.5 Å². The Labute approximate surface area is 165 Å². The quantitative estimate of drug-likeness (QED) is 0.593. The van der Waals surface area contributed by atoms with Gasteiger partial charge in [-0.25, -0.2) is 0 Å². The van der Waals surface area contributed by atoms with Gasteiger partial charge in [-0.2, -0.15) is 0 Å². The van der Waals surface area contributed by atoms with Crippen LogP contribution in [0.1, 0.15) is 59.3 Å². The van der Waals surface area contributed by atoms with Crippen molar-refractivity contribution in [1.29, 1.82) is 0 Å². The van der Waals surface area contributed by atoms with E-state index in [1.165, 1.54) is 11.1 Å². The predicted molar refractivity (Wildman–Crippen MR) is 112 cm³/mol. The summed E-state index contributed by atoms with van der Waals surface area (Å²) < 4.78 is 11.6. The summed E-state index contributed by atoms with van der Waals surface area (Å²) >= 11 is 0. The largest absolute Gasteiger partial charge is 0.394 e. The number of rotatable bonds is 9. The van der Waals surface area contributed by atoms with Gasteiger partial charge in [0.05, 0.1) is 25.9 Å². The van der Waals surface area contributed by atoms with Crippen LogP contribution < -0.4 is 5.73 Å². The molecule has 154 valence electrons. The van der Waals surface area contributed by atoms with Crippen LogP contribution in [-0.2, 0) is 9.47 Å². The average Bonchev–Trinajstić information content (AvgIpc) is 3.05.